The third-order valence-electron chi connectivity index (χ3n) is 5.81. The Morgan fingerprint density at radius 2 is 1.96 bits per heavy atom. The minimum absolute atomic E-state index is 0.107. The molecular weight excluding hydrogens is 336 g/mol. The van der Waals surface area contributed by atoms with Crippen molar-refractivity contribution >= 4 is 5.69 Å². The lowest BCUT2D eigenvalue weighted by Gasteiger charge is -2.50. The second-order valence-corrected chi connectivity index (χ2v) is 7.52. The number of fused-ring (bicyclic) bond motifs is 1. The van der Waals surface area contributed by atoms with Gasteiger partial charge in [0.25, 0.3) is 0 Å². The van der Waals surface area contributed by atoms with Crippen LogP contribution in [0.4, 0.5) is 14.5 Å². The average Bonchev–Trinajstić information content (AvgIpc) is 2.96. The first-order chi connectivity index (χ1) is 12.4. The van der Waals surface area contributed by atoms with Gasteiger partial charge in [0.15, 0.2) is 0 Å². The SMILES string of the molecule is C=CCN1c2ccccc2OC1(CCCC)C(F)(F)C1(O)CCCCC1. The molecule has 0 spiro atoms. The molecule has 5 heteroatoms. The van der Waals surface area contributed by atoms with Crippen molar-refractivity contribution in [3.8, 4) is 5.75 Å². The van der Waals surface area contributed by atoms with Crippen molar-refractivity contribution < 1.29 is 18.6 Å². The van der Waals surface area contributed by atoms with Gasteiger partial charge in [0.1, 0.15) is 11.4 Å². The number of benzene rings is 1. The van der Waals surface area contributed by atoms with Crippen LogP contribution in [0, 0.1) is 0 Å². The first kappa shape index (κ1) is 19.2. The normalized spacial score (nSPS) is 24.8. The van der Waals surface area contributed by atoms with Crippen LogP contribution in [-0.2, 0) is 0 Å². The van der Waals surface area contributed by atoms with E-state index in [0.29, 0.717) is 30.7 Å². The number of anilines is 1. The van der Waals surface area contributed by atoms with Crippen LogP contribution in [0.25, 0.3) is 0 Å². The Hall–Kier alpha value is -1.62. The smallest absolute Gasteiger partial charge is 0.333 e. The molecule has 3 nitrogen and oxygen atoms in total. The maximum atomic E-state index is 16.1. The second kappa shape index (κ2) is 7.18. The maximum Gasteiger partial charge on any atom is 0.333 e. The number of alkyl halides is 2. The highest BCUT2D eigenvalue weighted by Gasteiger charge is 2.71. The molecule has 1 unspecified atom stereocenters. The summed E-state index contributed by atoms with van der Waals surface area (Å²) in [6.07, 6.45) is 5.47. The molecule has 2 aliphatic rings. The van der Waals surface area contributed by atoms with Crippen molar-refractivity contribution in [2.24, 2.45) is 0 Å². The molecule has 26 heavy (non-hydrogen) atoms. The van der Waals surface area contributed by atoms with E-state index in [2.05, 4.69) is 6.58 Å². The molecule has 1 aromatic rings. The van der Waals surface area contributed by atoms with Crippen LogP contribution in [-0.4, -0.2) is 28.9 Å². The third kappa shape index (κ3) is 2.81. The lowest BCUT2D eigenvalue weighted by molar-refractivity contribution is -0.271. The van der Waals surface area contributed by atoms with Crippen LogP contribution in [0.15, 0.2) is 36.9 Å². The van der Waals surface area contributed by atoms with E-state index in [0.717, 1.165) is 12.8 Å². The van der Waals surface area contributed by atoms with E-state index in [-0.39, 0.29) is 25.8 Å². The van der Waals surface area contributed by atoms with Crippen LogP contribution >= 0.6 is 0 Å². The summed E-state index contributed by atoms with van der Waals surface area (Å²) < 4.78 is 38.1. The van der Waals surface area contributed by atoms with Crippen LogP contribution in [0.5, 0.6) is 5.75 Å². The molecule has 1 aromatic carbocycles. The topological polar surface area (TPSA) is 32.7 Å². The van der Waals surface area contributed by atoms with Gasteiger partial charge < -0.3 is 14.7 Å². The molecule has 1 heterocycles. The summed E-state index contributed by atoms with van der Waals surface area (Å²) in [6.45, 7) is 5.97. The Morgan fingerprint density at radius 3 is 2.62 bits per heavy atom. The molecule has 1 atom stereocenters. The highest BCUT2D eigenvalue weighted by molar-refractivity contribution is 5.65. The van der Waals surface area contributed by atoms with Gasteiger partial charge in [-0.25, -0.2) is 0 Å². The Balaban J connectivity index is 2.10. The monoisotopic (exact) mass is 365 g/mol. The van der Waals surface area contributed by atoms with Crippen molar-refractivity contribution in [2.75, 3.05) is 11.4 Å². The predicted molar refractivity (Wildman–Crippen MR) is 99.9 cm³/mol. The average molecular weight is 365 g/mol. The third-order valence-corrected chi connectivity index (χ3v) is 5.81. The van der Waals surface area contributed by atoms with E-state index >= 15 is 8.78 Å². The minimum atomic E-state index is -3.41. The summed E-state index contributed by atoms with van der Waals surface area (Å²) in [5.41, 5.74) is -3.28. The Morgan fingerprint density at radius 1 is 1.27 bits per heavy atom. The molecule has 0 radical (unpaired) electrons. The summed E-state index contributed by atoms with van der Waals surface area (Å²) in [4.78, 5) is 1.61. The molecular formula is C21H29F2NO2. The first-order valence-electron chi connectivity index (χ1n) is 9.68. The molecule has 1 fully saturated rings. The molecule has 0 aromatic heterocycles. The summed E-state index contributed by atoms with van der Waals surface area (Å²) in [7, 11) is 0. The van der Waals surface area contributed by atoms with Crippen LogP contribution in [0.3, 0.4) is 0 Å². The number of rotatable bonds is 7. The zero-order valence-electron chi connectivity index (χ0n) is 15.5. The second-order valence-electron chi connectivity index (χ2n) is 7.52. The van der Waals surface area contributed by atoms with E-state index < -0.39 is 17.2 Å². The van der Waals surface area contributed by atoms with Gasteiger partial charge in [-0.3, -0.25) is 0 Å². The number of hydrogen-bond donors (Lipinski definition) is 1. The molecule has 0 amide bonds. The van der Waals surface area contributed by atoms with Gasteiger partial charge in [0.2, 0.25) is 5.72 Å². The number of aliphatic hydroxyl groups is 1. The molecule has 0 bridgehead atoms. The first-order valence-corrected chi connectivity index (χ1v) is 9.68. The van der Waals surface area contributed by atoms with Gasteiger partial charge in [-0.1, -0.05) is 50.8 Å². The number of unbranched alkanes of at least 4 members (excludes halogenated alkanes) is 1. The quantitative estimate of drug-likeness (QED) is 0.667. The maximum absolute atomic E-state index is 16.1. The van der Waals surface area contributed by atoms with Gasteiger partial charge >= 0.3 is 5.92 Å². The molecule has 1 aliphatic heterocycles. The highest BCUT2D eigenvalue weighted by atomic mass is 19.3. The summed E-state index contributed by atoms with van der Waals surface area (Å²) in [6, 6.07) is 7.13. The minimum Gasteiger partial charge on any atom is -0.459 e. The molecule has 1 N–H and O–H groups in total. The number of halogens is 2. The Bertz CT molecular complexity index is 643. The fraction of sp³-hybridized carbons (Fsp3) is 0.619. The van der Waals surface area contributed by atoms with Crippen molar-refractivity contribution in [3.05, 3.63) is 36.9 Å². The van der Waals surface area contributed by atoms with Gasteiger partial charge in [-0.2, -0.15) is 8.78 Å². The van der Waals surface area contributed by atoms with E-state index in [9.17, 15) is 5.11 Å². The number of ether oxygens (including phenoxy) is 1. The lowest BCUT2D eigenvalue weighted by Crippen LogP contribution is -2.71. The number of nitrogens with zero attached hydrogens (tertiary/aromatic N) is 1. The lowest BCUT2D eigenvalue weighted by atomic mass is 9.74. The summed E-state index contributed by atoms with van der Waals surface area (Å²) in [5, 5.41) is 11.0. The van der Waals surface area contributed by atoms with Crippen LogP contribution in [0.1, 0.15) is 58.3 Å². The highest BCUT2D eigenvalue weighted by Crippen LogP contribution is 2.56. The largest absolute Gasteiger partial charge is 0.459 e. The van der Waals surface area contributed by atoms with Crippen LogP contribution < -0.4 is 9.64 Å². The standard InChI is InChI=1S/C21H29F2NO2/c1-3-5-15-20(21(22,23)19(25)13-9-6-10-14-19)24(16-4-2)17-11-7-8-12-18(17)26-20/h4,7-8,11-12,25H,2-3,5-6,9-10,13-16H2,1H3. The van der Waals surface area contributed by atoms with Crippen molar-refractivity contribution in [1.29, 1.82) is 0 Å². The molecule has 144 valence electrons. The zero-order valence-corrected chi connectivity index (χ0v) is 15.5. The van der Waals surface area contributed by atoms with E-state index in [1.807, 2.05) is 13.0 Å². The van der Waals surface area contributed by atoms with Gasteiger partial charge in [-0.15, -0.1) is 6.58 Å². The zero-order chi connectivity index (χ0) is 18.8. The van der Waals surface area contributed by atoms with E-state index in [4.69, 9.17) is 4.74 Å². The summed E-state index contributed by atoms with van der Waals surface area (Å²) in [5.74, 6) is -2.96. The predicted octanol–water partition coefficient (Wildman–Crippen LogP) is 5.29. The summed E-state index contributed by atoms with van der Waals surface area (Å²) >= 11 is 0. The Labute approximate surface area is 154 Å². The van der Waals surface area contributed by atoms with Crippen molar-refractivity contribution in [2.45, 2.75) is 75.5 Å². The van der Waals surface area contributed by atoms with Crippen LogP contribution in [0.2, 0.25) is 0 Å². The van der Waals surface area contributed by atoms with Crippen molar-refractivity contribution in [3.63, 3.8) is 0 Å². The van der Waals surface area contributed by atoms with Gasteiger partial charge in [0.05, 0.1) is 5.69 Å². The van der Waals surface area contributed by atoms with E-state index in [1.165, 1.54) is 0 Å². The Kier molecular flexibility index (Phi) is 5.29. The van der Waals surface area contributed by atoms with Gasteiger partial charge in [0, 0.05) is 13.0 Å². The van der Waals surface area contributed by atoms with Gasteiger partial charge in [-0.05, 0) is 31.4 Å². The molecule has 1 aliphatic carbocycles. The van der Waals surface area contributed by atoms with E-state index in [1.54, 1.807) is 29.2 Å². The fourth-order valence-corrected chi connectivity index (χ4v) is 4.38. The molecule has 0 saturated heterocycles. The number of hydrogen-bond acceptors (Lipinski definition) is 3. The van der Waals surface area contributed by atoms with Crippen molar-refractivity contribution in [1.82, 2.24) is 0 Å². The number of para-hydroxylation sites is 2. The molecule has 1 saturated carbocycles. The fourth-order valence-electron chi connectivity index (χ4n) is 4.38. The molecule has 3 rings (SSSR count).